The molecule has 0 bridgehead atoms. The molecule has 3 rings (SSSR count). The number of nitrogens with zero attached hydrogens (tertiary/aromatic N) is 2. The van der Waals surface area contributed by atoms with Crippen LogP contribution in [0.5, 0.6) is 0 Å². The van der Waals surface area contributed by atoms with Crippen molar-refractivity contribution in [1.82, 2.24) is 9.97 Å². The predicted octanol–water partition coefficient (Wildman–Crippen LogP) is 3.64. The van der Waals surface area contributed by atoms with Gasteiger partial charge in [0, 0.05) is 5.39 Å². The lowest BCUT2D eigenvalue weighted by Crippen LogP contribution is -1.97. The normalized spacial score (nSPS) is 10.9. The predicted molar refractivity (Wildman–Crippen MR) is 74.4 cm³/mol. The first-order chi connectivity index (χ1) is 9.63. The van der Waals surface area contributed by atoms with E-state index in [4.69, 9.17) is 5.73 Å². The summed E-state index contributed by atoms with van der Waals surface area (Å²) in [5, 5.41) is 1.24. The molecule has 0 radical (unpaired) electrons. The molecule has 6 heteroatoms. The van der Waals surface area contributed by atoms with Gasteiger partial charge in [-0.05, 0) is 24.3 Å². The fourth-order valence-corrected chi connectivity index (χ4v) is 2.77. The van der Waals surface area contributed by atoms with Gasteiger partial charge < -0.3 is 5.73 Å². The lowest BCUT2D eigenvalue weighted by molar-refractivity contribution is 0.577. The Bertz CT molecular complexity index is 792. The molecule has 0 aliphatic carbocycles. The van der Waals surface area contributed by atoms with Crippen molar-refractivity contribution >= 4 is 28.6 Å². The van der Waals surface area contributed by atoms with E-state index in [0.29, 0.717) is 10.5 Å². The number of hydrogen-bond acceptors (Lipinski definition) is 4. The summed E-state index contributed by atoms with van der Waals surface area (Å²) >= 11 is 1.03. The van der Waals surface area contributed by atoms with Gasteiger partial charge in [-0.15, -0.1) is 0 Å². The molecule has 0 aliphatic heterocycles. The van der Waals surface area contributed by atoms with Crippen molar-refractivity contribution in [3.8, 4) is 0 Å². The molecule has 0 atom stereocenters. The standard InChI is InChI=1S/C14H9F2N3S/c15-8-5-6-10(16)12(7-8)20-13-9-3-1-2-4-11(9)18-14(17)19-13/h1-7H,(H2,17,18,19). The van der Waals surface area contributed by atoms with Gasteiger partial charge >= 0.3 is 0 Å². The number of rotatable bonds is 2. The largest absolute Gasteiger partial charge is 0.368 e. The lowest BCUT2D eigenvalue weighted by atomic mass is 10.2. The van der Waals surface area contributed by atoms with E-state index in [0.717, 1.165) is 35.3 Å². The minimum absolute atomic E-state index is 0.100. The molecule has 0 spiro atoms. The Labute approximate surface area is 117 Å². The van der Waals surface area contributed by atoms with Crippen LogP contribution in [0.15, 0.2) is 52.4 Å². The van der Waals surface area contributed by atoms with E-state index < -0.39 is 11.6 Å². The smallest absolute Gasteiger partial charge is 0.221 e. The number of nitrogen functional groups attached to an aromatic ring is 1. The number of anilines is 1. The van der Waals surface area contributed by atoms with Gasteiger partial charge in [0.05, 0.1) is 10.4 Å². The van der Waals surface area contributed by atoms with Crippen molar-refractivity contribution in [3.05, 3.63) is 54.1 Å². The second-order valence-electron chi connectivity index (χ2n) is 4.08. The molecule has 0 saturated carbocycles. The molecule has 3 nitrogen and oxygen atoms in total. The van der Waals surface area contributed by atoms with Gasteiger partial charge in [0.25, 0.3) is 0 Å². The maximum absolute atomic E-state index is 13.7. The van der Waals surface area contributed by atoms with Crippen LogP contribution in [0.3, 0.4) is 0 Å². The first-order valence-corrected chi connectivity index (χ1v) is 6.60. The van der Waals surface area contributed by atoms with Crippen LogP contribution < -0.4 is 5.73 Å². The van der Waals surface area contributed by atoms with Gasteiger partial charge in [0.1, 0.15) is 16.7 Å². The fourth-order valence-electron chi connectivity index (χ4n) is 1.80. The maximum atomic E-state index is 13.7. The van der Waals surface area contributed by atoms with Gasteiger partial charge in [-0.3, -0.25) is 0 Å². The Morgan fingerprint density at radius 2 is 1.80 bits per heavy atom. The molecule has 0 aliphatic rings. The zero-order valence-electron chi connectivity index (χ0n) is 10.2. The maximum Gasteiger partial charge on any atom is 0.221 e. The first kappa shape index (κ1) is 12.8. The molecular weight excluding hydrogens is 280 g/mol. The van der Waals surface area contributed by atoms with Gasteiger partial charge in [-0.25, -0.2) is 18.7 Å². The van der Waals surface area contributed by atoms with Crippen LogP contribution in [0.2, 0.25) is 0 Å². The molecule has 100 valence electrons. The minimum Gasteiger partial charge on any atom is -0.368 e. The van der Waals surface area contributed by atoms with Crippen molar-refractivity contribution in [2.24, 2.45) is 0 Å². The Hall–Kier alpha value is -2.21. The molecular formula is C14H9F2N3S. The summed E-state index contributed by atoms with van der Waals surface area (Å²) in [6.07, 6.45) is 0. The van der Waals surface area contributed by atoms with Crippen LogP contribution in [-0.4, -0.2) is 9.97 Å². The van der Waals surface area contributed by atoms with Gasteiger partial charge in [-0.2, -0.15) is 0 Å². The summed E-state index contributed by atoms with van der Waals surface area (Å²) < 4.78 is 26.9. The van der Waals surface area contributed by atoms with Crippen molar-refractivity contribution in [2.75, 3.05) is 5.73 Å². The Morgan fingerprint density at radius 3 is 2.65 bits per heavy atom. The zero-order chi connectivity index (χ0) is 14.1. The van der Waals surface area contributed by atoms with E-state index in [1.165, 1.54) is 0 Å². The van der Waals surface area contributed by atoms with E-state index >= 15 is 0 Å². The third-order valence-electron chi connectivity index (χ3n) is 2.69. The highest BCUT2D eigenvalue weighted by Crippen LogP contribution is 2.33. The highest BCUT2D eigenvalue weighted by molar-refractivity contribution is 7.99. The van der Waals surface area contributed by atoms with Gasteiger partial charge in [0.15, 0.2) is 0 Å². The molecule has 0 amide bonds. The number of halogens is 2. The van der Waals surface area contributed by atoms with E-state index in [1.807, 2.05) is 18.2 Å². The number of nitrogens with two attached hydrogens (primary N) is 1. The Morgan fingerprint density at radius 1 is 1.00 bits per heavy atom. The van der Waals surface area contributed by atoms with Crippen molar-refractivity contribution in [1.29, 1.82) is 0 Å². The minimum atomic E-state index is -0.502. The SMILES string of the molecule is Nc1nc(Sc2cc(F)ccc2F)c2ccccc2n1. The summed E-state index contributed by atoms with van der Waals surface area (Å²) in [5.41, 5.74) is 6.31. The number of hydrogen-bond donors (Lipinski definition) is 1. The second-order valence-corrected chi connectivity index (χ2v) is 5.11. The number of aromatic nitrogens is 2. The Kier molecular flexibility index (Phi) is 3.23. The summed E-state index contributed by atoms with van der Waals surface area (Å²) in [6.45, 7) is 0. The summed E-state index contributed by atoms with van der Waals surface area (Å²) in [5.74, 6) is -0.902. The fraction of sp³-hybridized carbons (Fsp3) is 0. The highest BCUT2D eigenvalue weighted by atomic mass is 32.2. The molecule has 20 heavy (non-hydrogen) atoms. The van der Waals surface area contributed by atoms with Crippen molar-refractivity contribution < 1.29 is 8.78 Å². The van der Waals surface area contributed by atoms with Crippen LogP contribution >= 0.6 is 11.8 Å². The number of benzene rings is 2. The monoisotopic (exact) mass is 289 g/mol. The lowest BCUT2D eigenvalue weighted by Gasteiger charge is -2.07. The molecule has 0 unspecified atom stereocenters. The van der Waals surface area contributed by atoms with E-state index in [9.17, 15) is 8.78 Å². The topological polar surface area (TPSA) is 51.8 Å². The third-order valence-corrected chi connectivity index (χ3v) is 3.72. The average Bonchev–Trinajstić information content (AvgIpc) is 2.43. The van der Waals surface area contributed by atoms with E-state index in [1.54, 1.807) is 6.07 Å². The molecule has 2 aromatic carbocycles. The summed E-state index contributed by atoms with van der Waals surface area (Å²) in [7, 11) is 0. The third kappa shape index (κ3) is 2.42. The van der Waals surface area contributed by atoms with Crippen LogP contribution in [-0.2, 0) is 0 Å². The van der Waals surface area contributed by atoms with Crippen molar-refractivity contribution in [3.63, 3.8) is 0 Å². The molecule has 0 fully saturated rings. The van der Waals surface area contributed by atoms with Crippen LogP contribution in [0, 0.1) is 11.6 Å². The molecule has 1 heterocycles. The van der Waals surface area contributed by atoms with Crippen LogP contribution in [0.4, 0.5) is 14.7 Å². The van der Waals surface area contributed by atoms with Gasteiger partial charge in [0.2, 0.25) is 5.95 Å². The van der Waals surface area contributed by atoms with Crippen LogP contribution in [0.25, 0.3) is 10.9 Å². The molecule has 1 aromatic heterocycles. The quantitative estimate of drug-likeness (QED) is 0.732. The second kappa shape index (κ2) is 5.05. The Balaban J connectivity index is 2.13. The first-order valence-electron chi connectivity index (χ1n) is 5.78. The number of para-hydroxylation sites is 1. The summed E-state index contributed by atoms with van der Waals surface area (Å²) in [4.78, 5) is 8.37. The molecule has 0 saturated heterocycles. The van der Waals surface area contributed by atoms with Crippen molar-refractivity contribution in [2.45, 2.75) is 9.92 Å². The van der Waals surface area contributed by atoms with E-state index in [2.05, 4.69) is 9.97 Å². The number of fused-ring (bicyclic) bond motifs is 1. The van der Waals surface area contributed by atoms with Gasteiger partial charge in [-0.1, -0.05) is 30.0 Å². The average molecular weight is 289 g/mol. The highest BCUT2D eigenvalue weighted by Gasteiger charge is 2.11. The zero-order valence-corrected chi connectivity index (χ0v) is 11.0. The molecule has 3 aromatic rings. The molecule has 2 N–H and O–H groups in total. The van der Waals surface area contributed by atoms with E-state index in [-0.39, 0.29) is 10.8 Å². The summed E-state index contributed by atoms with van der Waals surface area (Å²) in [6, 6.07) is 10.6. The van der Waals surface area contributed by atoms with Crippen LogP contribution in [0.1, 0.15) is 0 Å².